The number of hydrogen-bond donors (Lipinski definition) is 4. The average molecular weight is 713 g/mol. The van der Waals surface area contributed by atoms with E-state index in [1.54, 1.807) is 4.90 Å². The van der Waals surface area contributed by atoms with Gasteiger partial charge in [-0.2, -0.15) is 0 Å². The van der Waals surface area contributed by atoms with Crippen molar-refractivity contribution in [3.8, 4) is 0 Å². The number of allylic oxidation sites excluding steroid dienone is 1. The molecular weight excluding hydrogens is 648 g/mol. The number of carbonyl (C=O) groups excluding carboxylic acids is 6. The second-order valence-electron chi connectivity index (χ2n) is 17.1. The summed E-state index contributed by atoms with van der Waals surface area (Å²) in [6.07, 6.45) is 11.9. The molecule has 2 heterocycles. The standard InChI is InChI=1S/C39H64N6O6/c1-8-14-28(32(47)35(49)40-27-16-17-27)41-34(48)31-26(23-25(2)3)18-22-45(31)36(50)33(39(7)19-11-9-12-20-39)43-37(51)42-29(38(4,5)6)24-44-21-13-10-15-30(44)46/h23,26-29,31,33H,8-22,24H2,1-7H3,(H,40,49)(H,41,48)(H2,42,43,51)/t26?,28?,29-,31+,33-/m1/s1. The molecule has 2 aliphatic carbocycles. The lowest BCUT2D eigenvalue weighted by Gasteiger charge is -2.43. The van der Waals surface area contributed by atoms with Gasteiger partial charge in [0, 0.05) is 38.0 Å². The zero-order valence-corrected chi connectivity index (χ0v) is 32.2. The molecule has 6 amide bonds. The monoisotopic (exact) mass is 712 g/mol. The summed E-state index contributed by atoms with van der Waals surface area (Å²) in [7, 11) is 0. The third kappa shape index (κ3) is 10.8. The number of rotatable bonds is 14. The van der Waals surface area contributed by atoms with Gasteiger partial charge in [0.1, 0.15) is 12.1 Å². The number of Topliss-reactive ketones (excluding diaryl/α,β-unsaturated/α-hetero) is 1. The molecule has 2 aliphatic heterocycles. The minimum atomic E-state index is -0.997. The van der Waals surface area contributed by atoms with Gasteiger partial charge in [0.2, 0.25) is 23.5 Å². The van der Waals surface area contributed by atoms with E-state index in [1.165, 1.54) is 0 Å². The summed E-state index contributed by atoms with van der Waals surface area (Å²) < 4.78 is 0. The second kappa shape index (κ2) is 17.4. The molecule has 2 unspecified atom stereocenters. The van der Waals surface area contributed by atoms with Crippen LogP contribution >= 0.6 is 0 Å². The fraction of sp³-hybridized carbons (Fsp3) is 0.795. The molecule has 5 atom stereocenters. The molecule has 0 aromatic carbocycles. The fourth-order valence-electron chi connectivity index (χ4n) is 7.95. The lowest BCUT2D eigenvalue weighted by molar-refractivity contribution is -0.145. The molecule has 4 N–H and O–H groups in total. The first-order chi connectivity index (χ1) is 24.0. The van der Waals surface area contributed by atoms with Gasteiger partial charge in [-0.1, -0.05) is 72.0 Å². The molecule has 2 saturated heterocycles. The molecule has 0 bridgehead atoms. The van der Waals surface area contributed by atoms with Crippen molar-refractivity contribution in [1.29, 1.82) is 0 Å². The van der Waals surface area contributed by atoms with Crippen molar-refractivity contribution in [2.45, 2.75) is 162 Å². The third-order valence-electron chi connectivity index (χ3n) is 11.3. The average Bonchev–Trinajstić information content (AvgIpc) is 3.78. The SMILES string of the molecule is CCCC(NC(=O)[C@@H]1C(C=C(C)C)CCN1C(=O)[C@@H](NC(=O)N[C@H](CN1CCCCC1=O)C(C)(C)C)C1(C)CCCCC1)C(=O)C(=O)NC1CC1. The van der Waals surface area contributed by atoms with Crippen LogP contribution in [-0.4, -0.2) is 95.1 Å². The predicted octanol–water partition coefficient (Wildman–Crippen LogP) is 4.37. The zero-order valence-electron chi connectivity index (χ0n) is 32.2. The zero-order chi connectivity index (χ0) is 37.5. The van der Waals surface area contributed by atoms with Crippen molar-refractivity contribution in [2.24, 2.45) is 16.7 Å². The number of hydrogen-bond acceptors (Lipinski definition) is 6. The van der Waals surface area contributed by atoms with E-state index in [0.717, 1.165) is 63.4 Å². The summed E-state index contributed by atoms with van der Waals surface area (Å²) in [6, 6.07) is -3.61. The Bertz CT molecular complexity index is 1330. The van der Waals surface area contributed by atoms with Gasteiger partial charge in [0.05, 0.1) is 12.1 Å². The van der Waals surface area contributed by atoms with Gasteiger partial charge >= 0.3 is 6.03 Å². The molecular formula is C39H64N6O6. The van der Waals surface area contributed by atoms with Crippen molar-refractivity contribution in [3.63, 3.8) is 0 Å². The Labute approximate surface area is 305 Å². The molecule has 0 aromatic heterocycles. The van der Waals surface area contributed by atoms with Crippen LogP contribution in [0.1, 0.15) is 132 Å². The van der Waals surface area contributed by atoms with Gasteiger partial charge in [0.25, 0.3) is 5.91 Å². The van der Waals surface area contributed by atoms with Crippen LogP contribution in [0.5, 0.6) is 0 Å². The molecule has 12 nitrogen and oxygen atoms in total. The smallest absolute Gasteiger partial charge is 0.315 e. The molecule has 0 aromatic rings. The topological polar surface area (TPSA) is 157 Å². The number of carbonyl (C=O) groups is 6. The Morgan fingerprint density at radius 1 is 0.922 bits per heavy atom. The van der Waals surface area contributed by atoms with E-state index in [0.29, 0.717) is 45.3 Å². The van der Waals surface area contributed by atoms with Crippen molar-refractivity contribution >= 4 is 35.4 Å². The summed E-state index contributed by atoms with van der Waals surface area (Å²) in [5, 5.41) is 11.8. The van der Waals surface area contributed by atoms with Crippen molar-refractivity contribution < 1.29 is 28.8 Å². The van der Waals surface area contributed by atoms with E-state index in [1.807, 2.05) is 52.5 Å². The molecule has 51 heavy (non-hydrogen) atoms. The minimum absolute atomic E-state index is 0.0122. The van der Waals surface area contributed by atoms with E-state index in [9.17, 15) is 28.8 Å². The van der Waals surface area contributed by atoms with E-state index < -0.39 is 47.2 Å². The molecule has 0 radical (unpaired) electrons. The predicted molar refractivity (Wildman–Crippen MR) is 196 cm³/mol. The van der Waals surface area contributed by atoms with Gasteiger partial charge in [-0.15, -0.1) is 0 Å². The highest BCUT2D eigenvalue weighted by atomic mass is 16.2. The van der Waals surface area contributed by atoms with Gasteiger partial charge in [-0.25, -0.2) is 4.79 Å². The van der Waals surface area contributed by atoms with Gasteiger partial charge < -0.3 is 31.1 Å². The van der Waals surface area contributed by atoms with E-state index in [2.05, 4.69) is 28.2 Å². The van der Waals surface area contributed by atoms with Crippen LogP contribution in [0.25, 0.3) is 0 Å². The number of ketones is 1. The Kier molecular flexibility index (Phi) is 13.7. The molecule has 4 aliphatic rings. The maximum atomic E-state index is 14.9. The number of likely N-dealkylation sites (tertiary alicyclic amines) is 2. The first-order valence-corrected chi connectivity index (χ1v) is 19.5. The van der Waals surface area contributed by atoms with Gasteiger partial charge in [-0.05, 0) is 76.0 Å². The first kappa shape index (κ1) is 40.3. The minimum Gasteiger partial charge on any atom is -0.347 e. The largest absolute Gasteiger partial charge is 0.347 e. The Morgan fingerprint density at radius 3 is 2.20 bits per heavy atom. The van der Waals surface area contributed by atoms with Crippen LogP contribution in [0.15, 0.2) is 11.6 Å². The molecule has 286 valence electrons. The Hall–Kier alpha value is -3.44. The number of urea groups is 1. The van der Waals surface area contributed by atoms with E-state index in [-0.39, 0.29) is 35.2 Å². The Balaban J connectivity index is 1.59. The van der Waals surface area contributed by atoms with Crippen LogP contribution in [0.4, 0.5) is 4.79 Å². The molecule has 12 heteroatoms. The summed E-state index contributed by atoms with van der Waals surface area (Å²) in [5.41, 5.74) is 0.108. The fourth-order valence-corrected chi connectivity index (χ4v) is 7.95. The van der Waals surface area contributed by atoms with Gasteiger partial charge in [0.15, 0.2) is 0 Å². The number of nitrogens with zero attached hydrogens (tertiary/aromatic N) is 2. The van der Waals surface area contributed by atoms with Crippen LogP contribution in [-0.2, 0) is 24.0 Å². The molecule has 2 saturated carbocycles. The van der Waals surface area contributed by atoms with Crippen molar-refractivity contribution in [1.82, 2.24) is 31.1 Å². The van der Waals surface area contributed by atoms with Crippen molar-refractivity contribution in [3.05, 3.63) is 11.6 Å². The maximum absolute atomic E-state index is 14.9. The lowest BCUT2D eigenvalue weighted by Crippen LogP contribution is -2.63. The van der Waals surface area contributed by atoms with Crippen LogP contribution in [0, 0.1) is 16.7 Å². The van der Waals surface area contributed by atoms with Crippen LogP contribution in [0.3, 0.4) is 0 Å². The first-order valence-electron chi connectivity index (χ1n) is 19.5. The van der Waals surface area contributed by atoms with Crippen LogP contribution < -0.4 is 21.3 Å². The summed E-state index contributed by atoms with van der Waals surface area (Å²) in [4.78, 5) is 85.0. The third-order valence-corrected chi connectivity index (χ3v) is 11.3. The van der Waals surface area contributed by atoms with Crippen LogP contribution in [0.2, 0.25) is 0 Å². The van der Waals surface area contributed by atoms with Crippen molar-refractivity contribution in [2.75, 3.05) is 19.6 Å². The summed E-state index contributed by atoms with van der Waals surface area (Å²) >= 11 is 0. The molecule has 4 rings (SSSR count). The van der Waals surface area contributed by atoms with E-state index >= 15 is 0 Å². The highest BCUT2D eigenvalue weighted by molar-refractivity contribution is 6.38. The number of nitrogens with one attached hydrogen (secondary N) is 4. The normalized spacial score (nSPS) is 23.8. The van der Waals surface area contributed by atoms with E-state index in [4.69, 9.17) is 0 Å². The molecule has 4 fully saturated rings. The number of amides is 6. The highest BCUT2D eigenvalue weighted by Gasteiger charge is 2.49. The second-order valence-corrected chi connectivity index (χ2v) is 17.1. The summed E-state index contributed by atoms with van der Waals surface area (Å²) in [6.45, 7) is 15.3. The highest BCUT2D eigenvalue weighted by Crippen LogP contribution is 2.41. The lowest BCUT2D eigenvalue weighted by atomic mass is 9.70. The maximum Gasteiger partial charge on any atom is 0.315 e. The van der Waals surface area contributed by atoms with Gasteiger partial charge in [-0.3, -0.25) is 24.0 Å². The molecule has 0 spiro atoms. The summed E-state index contributed by atoms with van der Waals surface area (Å²) in [5.74, 6) is -2.34. The number of piperidine rings is 1. The quantitative estimate of drug-likeness (QED) is 0.155. The Morgan fingerprint density at radius 2 is 1.61 bits per heavy atom.